The van der Waals surface area contributed by atoms with Gasteiger partial charge in [0.1, 0.15) is 0 Å². The van der Waals surface area contributed by atoms with E-state index in [-0.39, 0.29) is 17.2 Å². The van der Waals surface area contributed by atoms with Crippen LogP contribution >= 0.6 is 0 Å². The van der Waals surface area contributed by atoms with E-state index in [2.05, 4.69) is 43.0 Å². The van der Waals surface area contributed by atoms with Crippen LogP contribution in [0, 0.1) is 11.8 Å². The molecule has 0 bridgehead atoms. The summed E-state index contributed by atoms with van der Waals surface area (Å²) in [5.41, 5.74) is 2.84. The molecule has 166 valence electrons. The maximum absolute atomic E-state index is 13.3. The Bertz CT molecular complexity index is 1200. The van der Waals surface area contributed by atoms with Crippen molar-refractivity contribution in [1.29, 1.82) is 0 Å². The van der Waals surface area contributed by atoms with E-state index in [0.29, 0.717) is 30.2 Å². The van der Waals surface area contributed by atoms with Crippen molar-refractivity contribution >= 4 is 22.8 Å². The van der Waals surface area contributed by atoms with Crippen LogP contribution in [0.15, 0.2) is 33.9 Å². The van der Waals surface area contributed by atoms with Gasteiger partial charge in [0, 0.05) is 32.4 Å². The third-order valence-corrected chi connectivity index (χ3v) is 6.06. The molecular weight excluding hydrogens is 390 g/mol. The molecule has 31 heavy (non-hydrogen) atoms. The average Bonchev–Trinajstić information content (AvgIpc) is 3.13. The lowest BCUT2D eigenvalue weighted by Crippen LogP contribution is -2.41. The van der Waals surface area contributed by atoms with E-state index in [0.717, 1.165) is 24.6 Å². The number of nitrogens with zero attached hydrogens (tertiary/aromatic N) is 5. The van der Waals surface area contributed by atoms with Crippen LogP contribution < -0.4 is 16.1 Å². The van der Waals surface area contributed by atoms with Crippen LogP contribution in [0.5, 0.6) is 0 Å². The highest BCUT2D eigenvalue weighted by atomic mass is 16.2. The first kappa shape index (κ1) is 21.4. The normalized spacial score (nSPS) is 16.3. The van der Waals surface area contributed by atoms with Crippen molar-refractivity contribution in [3.05, 3.63) is 50.7 Å². The van der Waals surface area contributed by atoms with Crippen molar-refractivity contribution in [2.24, 2.45) is 18.9 Å². The zero-order valence-electron chi connectivity index (χ0n) is 19.3. The molecule has 0 aliphatic carbocycles. The topological polar surface area (TPSA) is 65.1 Å². The molecule has 0 unspecified atom stereocenters. The lowest BCUT2D eigenvalue weighted by Gasteiger charge is -2.33. The minimum Gasteiger partial charge on any atom is -0.312 e. The van der Waals surface area contributed by atoms with Crippen LogP contribution in [0.2, 0.25) is 0 Å². The molecule has 3 heterocycles. The molecular formula is C24H33N5O2. The highest BCUT2D eigenvalue weighted by Gasteiger charge is 2.29. The van der Waals surface area contributed by atoms with Crippen molar-refractivity contribution in [2.75, 3.05) is 11.4 Å². The molecule has 3 aromatic rings. The van der Waals surface area contributed by atoms with E-state index in [4.69, 9.17) is 4.98 Å². The van der Waals surface area contributed by atoms with Gasteiger partial charge in [-0.25, -0.2) is 4.79 Å². The van der Waals surface area contributed by atoms with E-state index in [9.17, 15) is 9.59 Å². The fourth-order valence-electron chi connectivity index (χ4n) is 4.47. The van der Waals surface area contributed by atoms with Crippen molar-refractivity contribution < 1.29 is 0 Å². The SMILES string of the molecule is CCCCc1ccc(N2C[C@H](C)Cn3c2nc2c3c(=O)n(CC(C)C)c(=O)n2C)cc1. The summed E-state index contributed by atoms with van der Waals surface area (Å²) in [6.45, 7) is 10.4. The Labute approximate surface area is 182 Å². The van der Waals surface area contributed by atoms with Crippen LogP contribution in [-0.4, -0.2) is 25.2 Å². The fourth-order valence-corrected chi connectivity index (χ4v) is 4.47. The number of aromatic nitrogens is 4. The second kappa shape index (κ2) is 8.36. The molecule has 0 radical (unpaired) electrons. The molecule has 0 saturated heterocycles. The molecule has 0 saturated carbocycles. The van der Waals surface area contributed by atoms with E-state index < -0.39 is 0 Å². The molecule has 1 aliphatic heterocycles. The molecule has 1 aliphatic rings. The van der Waals surface area contributed by atoms with Gasteiger partial charge in [-0.2, -0.15) is 4.98 Å². The summed E-state index contributed by atoms with van der Waals surface area (Å²) < 4.78 is 4.88. The number of hydrogen-bond acceptors (Lipinski definition) is 4. The van der Waals surface area contributed by atoms with Gasteiger partial charge in [0.2, 0.25) is 5.95 Å². The molecule has 2 aromatic heterocycles. The van der Waals surface area contributed by atoms with Gasteiger partial charge in [-0.1, -0.05) is 46.2 Å². The van der Waals surface area contributed by atoms with Crippen LogP contribution in [0.1, 0.15) is 46.1 Å². The second-order valence-corrected chi connectivity index (χ2v) is 9.33. The van der Waals surface area contributed by atoms with Crippen molar-refractivity contribution in [3.63, 3.8) is 0 Å². The number of unbranched alkanes of at least 4 members (excludes halogenated alkanes) is 1. The van der Waals surface area contributed by atoms with Gasteiger partial charge in [0.05, 0.1) is 0 Å². The summed E-state index contributed by atoms with van der Waals surface area (Å²) in [4.78, 5) is 33.2. The maximum atomic E-state index is 13.3. The van der Waals surface area contributed by atoms with Crippen molar-refractivity contribution in [1.82, 2.24) is 18.7 Å². The van der Waals surface area contributed by atoms with Crippen LogP contribution in [0.4, 0.5) is 11.6 Å². The first-order valence-corrected chi connectivity index (χ1v) is 11.4. The monoisotopic (exact) mass is 423 g/mol. The number of imidazole rings is 1. The van der Waals surface area contributed by atoms with Gasteiger partial charge in [0.25, 0.3) is 5.56 Å². The highest BCUT2D eigenvalue weighted by Crippen LogP contribution is 2.33. The van der Waals surface area contributed by atoms with Crippen molar-refractivity contribution in [2.45, 2.75) is 60.0 Å². The second-order valence-electron chi connectivity index (χ2n) is 9.33. The predicted molar refractivity (Wildman–Crippen MR) is 125 cm³/mol. The Hall–Kier alpha value is -2.83. The summed E-state index contributed by atoms with van der Waals surface area (Å²) in [6, 6.07) is 8.65. The minimum atomic E-state index is -0.304. The summed E-state index contributed by atoms with van der Waals surface area (Å²) >= 11 is 0. The molecule has 7 nitrogen and oxygen atoms in total. The third-order valence-electron chi connectivity index (χ3n) is 6.06. The summed E-state index contributed by atoms with van der Waals surface area (Å²) in [5, 5.41) is 0. The van der Waals surface area contributed by atoms with Crippen LogP contribution in [-0.2, 0) is 26.6 Å². The highest BCUT2D eigenvalue weighted by molar-refractivity contribution is 5.77. The lowest BCUT2D eigenvalue weighted by atomic mass is 10.1. The standard InChI is InChI=1S/C24H33N5O2/c1-6-7-8-18-9-11-19(12-10-18)27-14-17(4)15-28-20-21(25-23(27)28)26(5)24(31)29(22(20)30)13-16(2)3/h9-12,16-17H,6-8,13-15H2,1-5H3/t17-/m0/s1. The Morgan fingerprint density at radius 3 is 2.48 bits per heavy atom. The van der Waals surface area contributed by atoms with Crippen LogP contribution in [0.25, 0.3) is 11.2 Å². The third kappa shape index (κ3) is 3.82. The number of rotatable bonds is 6. The summed E-state index contributed by atoms with van der Waals surface area (Å²) in [5.74, 6) is 1.29. The molecule has 1 atom stereocenters. The van der Waals surface area contributed by atoms with Gasteiger partial charge in [-0.3, -0.25) is 13.9 Å². The molecule has 0 spiro atoms. The Kier molecular flexibility index (Phi) is 5.77. The van der Waals surface area contributed by atoms with Gasteiger partial charge in [-0.05, 0) is 42.4 Å². The molecule has 4 rings (SSSR count). The molecule has 1 aromatic carbocycles. The van der Waals surface area contributed by atoms with Crippen LogP contribution in [0.3, 0.4) is 0 Å². The maximum Gasteiger partial charge on any atom is 0.332 e. The number of hydrogen-bond donors (Lipinski definition) is 0. The zero-order valence-corrected chi connectivity index (χ0v) is 19.3. The summed E-state index contributed by atoms with van der Waals surface area (Å²) in [7, 11) is 1.70. The Morgan fingerprint density at radius 1 is 1.13 bits per heavy atom. The van der Waals surface area contributed by atoms with E-state index in [1.165, 1.54) is 27.5 Å². The molecule has 7 heteroatoms. The predicted octanol–water partition coefficient (Wildman–Crippen LogP) is 3.68. The van der Waals surface area contributed by atoms with Gasteiger partial charge < -0.3 is 9.47 Å². The van der Waals surface area contributed by atoms with Gasteiger partial charge in [-0.15, -0.1) is 0 Å². The van der Waals surface area contributed by atoms with E-state index in [1.54, 1.807) is 7.05 Å². The Morgan fingerprint density at radius 2 is 1.84 bits per heavy atom. The molecule has 0 fully saturated rings. The number of benzene rings is 1. The zero-order chi connectivity index (χ0) is 22.3. The number of aryl methyl sites for hydroxylation is 2. The molecule has 0 amide bonds. The first-order valence-electron chi connectivity index (χ1n) is 11.4. The quantitative estimate of drug-likeness (QED) is 0.607. The van der Waals surface area contributed by atoms with E-state index >= 15 is 0 Å². The smallest absolute Gasteiger partial charge is 0.312 e. The average molecular weight is 424 g/mol. The van der Waals surface area contributed by atoms with E-state index in [1.807, 2.05) is 18.4 Å². The largest absolute Gasteiger partial charge is 0.332 e. The fraction of sp³-hybridized carbons (Fsp3) is 0.542. The van der Waals surface area contributed by atoms with Gasteiger partial charge in [0.15, 0.2) is 11.2 Å². The number of fused-ring (bicyclic) bond motifs is 3. The number of anilines is 2. The lowest BCUT2D eigenvalue weighted by molar-refractivity contribution is 0.454. The Balaban J connectivity index is 1.85. The minimum absolute atomic E-state index is 0.202. The van der Waals surface area contributed by atoms with Crippen molar-refractivity contribution in [3.8, 4) is 0 Å². The first-order chi connectivity index (χ1) is 14.8. The molecule has 0 N–H and O–H groups in total. The van der Waals surface area contributed by atoms with Gasteiger partial charge >= 0.3 is 5.69 Å². The summed E-state index contributed by atoms with van der Waals surface area (Å²) in [6.07, 6.45) is 3.46.